The predicted octanol–water partition coefficient (Wildman–Crippen LogP) is 6.96. The molecule has 13 nitrogen and oxygen atoms in total. The number of ether oxygens (including phenoxy) is 2. The van der Waals surface area contributed by atoms with Crippen LogP contribution in [0.4, 0.5) is 25.1 Å². The van der Waals surface area contributed by atoms with Crippen LogP contribution in [0.1, 0.15) is 75.0 Å². The van der Waals surface area contributed by atoms with Gasteiger partial charge in [0.05, 0.1) is 53.1 Å². The van der Waals surface area contributed by atoms with Crippen molar-refractivity contribution in [3.63, 3.8) is 0 Å². The lowest BCUT2D eigenvalue weighted by atomic mass is 10.00. The summed E-state index contributed by atoms with van der Waals surface area (Å²) in [5.74, 6) is -2.43. The number of carbonyl (C=O) groups is 2. The number of Topliss-reactive ketones (excluding diaryl/α,β-unsaturated/α-hetero) is 1. The molecule has 3 aromatic heterocycles. The van der Waals surface area contributed by atoms with Gasteiger partial charge in [0.1, 0.15) is 23.9 Å². The molecule has 0 aliphatic carbocycles. The summed E-state index contributed by atoms with van der Waals surface area (Å²) in [6, 6.07) is 17.1. The molecule has 1 aliphatic heterocycles. The predicted molar refractivity (Wildman–Crippen MR) is 211 cm³/mol. The zero-order chi connectivity index (χ0) is 41.0. The molecule has 0 spiro atoms. The molecule has 5 aromatic rings. The molecule has 0 saturated carbocycles. The van der Waals surface area contributed by atoms with E-state index in [1.165, 1.54) is 29.3 Å². The number of benzene rings is 2. The van der Waals surface area contributed by atoms with Gasteiger partial charge in [-0.2, -0.15) is 10.2 Å². The molecular formula is C42H44F2N8O5. The number of amides is 1. The first-order valence-corrected chi connectivity index (χ1v) is 18.6. The summed E-state index contributed by atoms with van der Waals surface area (Å²) >= 11 is 0. The average Bonchev–Trinajstić information content (AvgIpc) is 3.16. The normalized spacial score (nSPS) is 14.5. The number of nitrogen functional groups attached to an aromatic ring is 1. The van der Waals surface area contributed by atoms with Gasteiger partial charge in [-0.3, -0.25) is 9.78 Å². The summed E-state index contributed by atoms with van der Waals surface area (Å²) in [6.45, 7) is 9.67. The van der Waals surface area contributed by atoms with Crippen molar-refractivity contribution in [1.29, 1.82) is 5.26 Å². The zero-order valence-corrected chi connectivity index (χ0v) is 32.5. The van der Waals surface area contributed by atoms with Gasteiger partial charge in [0.15, 0.2) is 17.2 Å². The van der Waals surface area contributed by atoms with Crippen LogP contribution in [-0.2, 0) is 16.1 Å². The summed E-state index contributed by atoms with van der Waals surface area (Å²) in [5, 5.41) is 9.81. The molecule has 1 saturated heterocycles. The first kappa shape index (κ1) is 40.4. The molecule has 0 unspecified atom stereocenters. The first-order valence-electron chi connectivity index (χ1n) is 18.6. The lowest BCUT2D eigenvalue weighted by molar-refractivity contribution is -0.00230. The smallest absolute Gasteiger partial charge is 0.410 e. The van der Waals surface area contributed by atoms with Crippen molar-refractivity contribution < 1.29 is 27.8 Å². The van der Waals surface area contributed by atoms with E-state index in [1.807, 2.05) is 65.0 Å². The molecule has 296 valence electrons. The highest BCUT2D eigenvalue weighted by molar-refractivity contribution is 6.01. The number of pyridine rings is 2. The standard InChI is InChI=1S/C42H44F2N8O5/c1-25(2)35-37(28(15-18-47-35)33(53)16-21-57-42(3,4)5)52-39-29(22-31(44)36(48-39)34-30(43)12-9-13-32(34)46)38(49-40(52)54)50-19-20-51(27(23-50)14-17-45)41(55)56-24-26-10-7-6-8-11-26/h6-13,15,18,22,25,27H,14,16,19-21,23-24,46H2,1-5H3/t27-/m0/s1. The summed E-state index contributed by atoms with van der Waals surface area (Å²) in [5.41, 5.74) is 5.19. The summed E-state index contributed by atoms with van der Waals surface area (Å²) in [4.78, 5) is 58.5. The summed E-state index contributed by atoms with van der Waals surface area (Å²) in [6.07, 6.45) is 0.757. The molecule has 57 heavy (non-hydrogen) atoms. The van der Waals surface area contributed by atoms with E-state index in [0.29, 0.717) is 5.69 Å². The van der Waals surface area contributed by atoms with Gasteiger partial charge in [0.2, 0.25) is 0 Å². The third kappa shape index (κ3) is 8.76. The van der Waals surface area contributed by atoms with E-state index in [1.54, 1.807) is 4.90 Å². The number of nitrogens with zero attached hydrogens (tertiary/aromatic N) is 7. The molecule has 2 aromatic carbocycles. The number of ketones is 1. The molecule has 0 radical (unpaired) electrons. The van der Waals surface area contributed by atoms with Gasteiger partial charge in [0.25, 0.3) is 0 Å². The van der Waals surface area contributed by atoms with Crippen LogP contribution >= 0.6 is 0 Å². The van der Waals surface area contributed by atoms with Gasteiger partial charge in [-0.1, -0.05) is 50.2 Å². The Hall–Kier alpha value is -6.27. The summed E-state index contributed by atoms with van der Waals surface area (Å²) in [7, 11) is 0. The van der Waals surface area contributed by atoms with Crippen LogP contribution in [0, 0.1) is 23.0 Å². The third-order valence-electron chi connectivity index (χ3n) is 9.52. The zero-order valence-electron chi connectivity index (χ0n) is 32.5. The Balaban J connectivity index is 1.51. The molecule has 1 fully saturated rings. The Morgan fingerprint density at radius 3 is 2.47 bits per heavy atom. The fourth-order valence-electron chi connectivity index (χ4n) is 6.82. The Bertz CT molecular complexity index is 2390. The molecule has 15 heteroatoms. The number of hydrogen-bond acceptors (Lipinski definition) is 11. The molecule has 2 N–H and O–H groups in total. The molecule has 6 rings (SSSR count). The van der Waals surface area contributed by atoms with Gasteiger partial charge in [-0.05, 0) is 56.5 Å². The second-order valence-electron chi connectivity index (χ2n) is 15.0. The van der Waals surface area contributed by atoms with Gasteiger partial charge in [0, 0.05) is 43.5 Å². The number of carbonyl (C=O) groups excluding carboxylic acids is 2. The first-order chi connectivity index (χ1) is 27.2. The summed E-state index contributed by atoms with van der Waals surface area (Å²) < 4.78 is 44.3. The van der Waals surface area contributed by atoms with Crippen molar-refractivity contribution >= 4 is 34.4 Å². The second-order valence-corrected chi connectivity index (χ2v) is 15.0. The van der Waals surface area contributed by atoms with Crippen LogP contribution in [0.25, 0.3) is 28.0 Å². The Morgan fingerprint density at radius 1 is 1.04 bits per heavy atom. The molecule has 4 heterocycles. The van der Waals surface area contributed by atoms with Crippen LogP contribution in [0.3, 0.4) is 0 Å². The van der Waals surface area contributed by atoms with Crippen LogP contribution in [0.2, 0.25) is 0 Å². The lowest BCUT2D eigenvalue weighted by Gasteiger charge is -2.40. The number of rotatable bonds is 11. The Morgan fingerprint density at radius 2 is 1.79 bits per heavy atom. The van der Waals surface area contributed by atoms with E-state index in [2.05, 4.69) is 21.0 Å². The fraction of sp³-hybridized carbons (Fsp3) is 0.357. The number of nitriles is 1. The monoisotopic (exact) mass is 778 g/mol. The number of fused-ring (bicyclic) bond motifs is 1. The Kier molecular flexibility index (Phi) is 11.9. The number of aromatic nitrogens is 4. The minimum Gasteiger partial charge on any atom is -0.445 e. The highest BCUT2D eigenvalue weighted by Gasteiger charge is 2.34. The largest absolute Gasteiger partial charge is 0.445 e. The van der Waals surface area contributed by atoms with Gasteiger partial charge in [-0.15, -0.1) is 0 Å². The maximum absolute atomic E-state index is 16.4. The van der Waals surface area contributed by atoms with Gasteiger partial charge in [-0.25, -0.2) is 27.9 Å². The van der Waals surface area contributed by atoms with Crippen LogP contribution in [0.5, 0.6) is 0 Å². The highest BCUT2D eigenvalue weighted by Crippen LogP contribution is 2.36. The van der Waals surface area contributed by atoms with E-state index in [4.69, 9.17) is 15.2 Å². The van der Waals surface area contributed by atoms with Crippen LogP contribution < -0.4 is 16.3 Å². The average molecular weight is 779 g/mol. The number of piperazine rings is 1. The van der Waals surface area contributed by atoms with E-state index >= 15 is 8.78 Å². The van der Waals surface area contributed by atoms with Crippen molar-refractivity contribution in [1.82, 2.24) is 24.4 Å². The van der Waals surface area contributed by atoms with Crippen molar-refractivity contribution in [3.8, 4) is 23.0 Å². The second kappa shape index (κ2) is 16.8. The number of anilines is 2. The Labute approximate surface area is 328 Å². The lowest BCUT2D eigenvalue weighted by Crippen LogP contribution is -2.55. The maximum atomic E-state index is 16.4. The molecule has 1 amide bonds. The molecular weight excluding hydrogens is 735 g/mol. The molecule has 0 bridgehead atoms. The molecule has 1 aliphatic rings. The van der Waals surface area contributed by atoms with E-state index in [9.17, 15) is 19.6 Å². The SMILES string of the molecule is CC(C)c1nccc(C(=O)CCOC(C)(C)C)c1-n1c(=O)nc(N2CCN(C(=O)OCc3ccccc3)[C@@H](CC#N)C2)c2cc(F)c(-c3c(N)cccc3F)nc21. The topological polar surface area (TPSA) is 170 Å². The quantitative estimate of drug-likeness (QED) is 0.109. The van der Waals surface area contributed by atoms with Gasteiger partial charge < -0.3 is 25.0 Å². The maximum Gasteiger partial charge on any atom is 0.410 e. The number of nitrogens with two attached hydrogens (primary N) is 1. The van der Waals surface area contributed by atoms with Gasteiger partial charge >= 0.3 is 11.8 Å². The van der Waals surface area contributed by atoms with Crippen molar-refractivity contribution in [3.05, 3.63) is 106 Å². The van der Waals surface area contributed by atoms with Crippen LogP contribution in [0.15, 0.2) is 71.7 Å². The molecule has 1 atom stereocenters. The number of halogens is 2. The van der Waals surface area contributed by atoms with Crippen molar-refractivity contribution in [2.24, 2.45) is 0 Å². The van der Waals surface area contributed by atoms with Crippen molar-refractivity contribution in [2.75, 3.05) is 36.9 Å². The van der Waals surface area contributed by atoms with E-state index < -0.39 is 40.8 Å². The van der Waals surface area contributed by atoms with Crippen LogP contribution in [-0.4, -0.2) is 74.2 Å². The fourth-order valence-corrected chi connectivity index (χ4v) is 6.82. The minimum absolute atomic E-state index is 0.0207. The van der Waals surface area contributed by atoms with Crippen molar-refractivity contribution in [2.45, 2.75) is 71.6 Å². The number of hydrogen-bond donors (Lipinski definition) is 1. The van der Waals surface area contributed by atoms with E-state index in [-0.39, 0.29) is 96.7 Å². The highest BCUT2D eigenvalue weighted by atomic mass is 19.1. The third-order valence-corrected chi connectivity index (χ3v) is 9.52. The van der Waals surface area contributed by atoms with E-state index in [0.717, 1.165) is 22.3 Å². The minimum atomic E-state index is -0.949.